The highest BCUT2D eigenvalue weighted by molar-refractivity contribution is 6.31. The molecule has 5 heteroatoms. The molecule has 1 aromatic heterocycles. The first-order valence-electron chi connectivity index (χ1n) is 7.58. The Kier molecular flexibility index (Phi) is 4.47. The molecule has 1 aromatic carbocycles. The topological polar surface area (TPSA) is 52.0 Å². The minimum Gasteiger partial charge on any atom is -0.383 e. The molecule has 0 bridgehead atoms. The Morgan fingerprint density at radius 2 is 2.36 bits per heavy atom. The molecule has 1 unspecified atom stereocenters. The first-order chi connectivity index (χ1) is 10.7. The zero-order valence-electron chi connectivity index (χ0n) is 12.6. The summed E-state index contributed by atoms with van der Waals surface area (Å²) in [5, 5.41) is 14.4. The van der Waals surface area contributed by atoms with E-state index in [2.05, 4.69) is 28.3 Å². The van der Waals surface area contributed by atoms with Gasteiger partial charge >= 0.3 is 0 Å². The van der Waals surface area contributed by atoms with Crippen LogP contribution in [0.25, 0.3) is 10.9 Å². The van der Waals surface area contributed by atoms with Crippen molar-refractivity contribution in [3.63, 3.8) is 0 Å². The maximum absolute atomic E-state index is 9.36. The second kappa shape index (κ2) is 6.51. The van der Waals surface area contributed by atoms with Crippen LogP contribution in [-0.4, -0.2) is 36.6 Å². The Morgan fingerprint density at radius 3 is 3.14 bits per heavy atom. The molecule has 1 aliphatic rings. The van der Waals surface area contributed by atoms with E-state index in [9.17, 15) is 5.26 Å². The number of nitrogens with zero attached hydrogens (tertiary/aromatic N) is 3. The SMILES string of the molecule is CN1CCCC(CNc2c(C#N)cnc3ccc(Cl)cc23)C1. The van der Waals surface area contributed by atoms with Crippen molar-refractivity contribution >= 4 is 28.2 Å². The smallest absolute Gasteiger partial charge is 0.103 e. The fourth-order valence-corrected chi connectivity index (χ4v) is 3.30. The van der Waals surface area contributed by atoms with E-state index in [4.69, 9.17) is 11.6 Å². The second-order valence-corrected chi connectivity index (χ2v) is 6.41. The first kappa shape index (κ1) is 15.1. The lowest BCUT2D eigenvalue weighted by Gasteiger charge is -2.30. The van der Waals surface area contributed by atoms with Crippen molar-refractivity contribution in [1.82, 2.24) is 9.88 Å². The predicted octanol–water partition coefficient (Wildman–Crippen LogP) is 3.51. The average Bonchev–Trinajstić information content (AvgIpc) is 2.52. The maximum atomic E-state index is 9.36. The van der Waals surface area contributed by atoms with Crippen LogP contribution in [-0.2, 0) is 0 Å². The summed E-state index contributed by atoms with van der Waals surface area (Å²) in [5.74, 6) is 0.604. The molecule has 3 rings (SSSR count). The van der Waals surface area contributed by atoms with Crippen molar-refractivity contribution in [1.29, 1.82) is 5.26 Å². The molecule has 1 fully saturated rings. The number of fused-ring (bicyclic) bond motifs is 1. The van der Waals surface area contributed by atoms with E-state index in [1.54, 1.807) is 6.20 Å². The summed E-state index contributed by atoms with van der Waals surface area (Å²) >= 11 is 6.11. The van der Waals surface area contributed by atoms with Crippen LogP contribution in [0, 0.1) is 17.2 Å². The van der Waals surface area contributed by atoms with E-state index in [-0.39, 0.29) is 0 Å². The molecule has 4 nitrogen and oxygen atoms in total. The summed E-state index contributed by atoms with van der Waals surface area (Å²) in [4.78, 5) is 6.69. The number of rotatable bonds is 3. The normalized spacial score (nSPS) is 19.0. The quantitative estimate of drug-likeness (QED) is 0.942. The van der Waals surface area contributed by atoms with Crippen LogP contribution in [0.5, 0.6) is 0 Å². The van der Waals surface area contributed by atoms with Gasteiger partial charge in [0.15, 0.2) is 0 Å². The summed E-state index contributed by atoms with van der Waals surface area (Å²) in [6.45, 7) is 3.14. The summed E-state index contributed by atoms with van der Waals surface area (Å²) in [5.41, 5.74) is 2.27. The van der Waals surface area contributed by atoms with Gasteiger partial charge in [-0.25, -0.2) is 0 Å². The van der Waals surface area contributed by atoms with E-state index in [1.165, 1.54) is 19.4 Å². The lowest BCUT2D eigenvalue weighted by atomic mass is 9.98. The van der Waals surface area contributed by atoms with Gasteiger partial charge in [-0.3, -0.25) is 4.98 Å². The van der Waals surface area contributed by atoms with E-state index < -0.39 is 0 Å². The number of likely N-dealkylation sites (tertiary alicyclic amines) is 1. The van der Waals surface area contributed by atoms with Gasteiger partial charge in [-0.2, -0.15) is 5.26 Å². The number of benzene rings is 1. The highest BCUT2D eigenvalue weighted by atomic mass is 35.5. The number of nitrogens with one attached hydrogen (secondary N) is 1. The fourth-order valence-electron chi connectivity index (χ4n) is 3.13. The Hall–Kier alpha value is -1.83. The van der Waals surface area contributed by atoms with E-state index in [1.807, 2.05) is 18.2 Å². The average molecular weight is 315 g/mol. The lowest BCUT2D eigenvalue weighted by Crippen LogP contribution is -2.35. The predicted molar refractivity (Wildman–Crippen MR) is 90.2 cm³/mol. The number of hydrogen-bond acceptors (Lipinski definition) is 4. The lowest BCUT2D eigenvalue weighted by molar-refractivity contribution is 0.217. The Labute approximate surface area is 135 Å². The monoisotopic (exact) mass is 314 g/mol. The molecule has 1 saturated heterocycles. The minimum absolute atomic E-state index is 0.568. The van der Waals surface area contributed by atoms with Crippen LogP contribution in [0.15, 0.2) is 24.4 Å². The molecular weight excluding hydrogens is 296 g/mol. The second-order valence-electron chi connectivity index (χ2n) is 5.97. The van der Waals surface area contributed by atoms with Crippen LogP contribution in [0.1, 0.15) is 18.4 Å². The molecular formula is C17H19ClN4. The molecule has 0 spiro atoms. The van der Waals surface area contributed by atoms with Gasteiger partial charge in [0.2, 0.25) is 0 Å². The minimum atomic E-state index is 0.568. The molecule has 1 N–H and O–H groups in total. The van der Waals surface area contributed by atoms with Gasteiger partial charge in [0.05, 0.1) is 16.8 Å². The summed E-state index contributed by atoms with van der Waals surface area (Å²) in [7, 11) is 2.16. The number of anilines is 1. The van der Waals surface area contributed by atoms with Crippen molar-refractivity contribution in [2.75, 3.05) is 32.0 Å². The molecule has 0 saturated carbocycles. The summed E-state index contributed by atoms with van der Waals surface area (Å²) < 4.78 is 0. The van der Waals surface area contributed by atoms with E-state index in [0.717, 1.165) is 29.7 Å². The largest absolute Gasteiger partial charge is 0.383 e. The summed E-state index contributed by atoms with van der Waals surface area (Å²) in [6.07, 6.45) is 4.09. The molecule has 1 aliphatic heterocycles. The van der Waals surface area contributed by atoms with E-state index >= 15 is 0 Å². The van der Waals surface area contributed by atoms with Crippen LogP contribution in [0.2, 0.25) is 5.02 Å². The van der Waals surface area contributed by atoms with Gasteiger partial charge in [0.25, 0.3) is 0 Å². The molecule has 0 amide bonds. The van der Waals surface area contributed by atoms with Crippen molar-refractivity contribution < 1.29 is 0 Å². The molecule has 0 radical (unpaired) electrons. The number of halogens is 1. The van der Waals surface area contributed by atoms with Crippen LogP contribution >= 0.6 is 11.6 Å². The van der Waals surface area contributed by atoms with Crippen molar-refractivity contribution in [2.24, 2.45) is 5.92 Å². The van der Waals surface area contributed by atoms with Gasteiger partial charge in [0.1, 0.15) is 6.07 Å². The molecule has 2 aromatic rings. The zero-order chi connectivity index (χ0) is 15.5. The fraction of sp³-hybridized carbons (Fsp3) is 0.412. The van der Waals surface area contributed by atoms with Gasteiger partial charge in [-0.1, -0.05) is 11.6 Å². The van der Waals surface area contributed by atoms with E-state index in [0.29, 0.717) is 16.5 Å². The standard InChI is InChI=1S/C17H19ClN4/c1-22-6-2-3-12(11-22)9-21-17-13(8-19)10-20-16-5-4-14(18)7-15(16)17/h4-5,7,10,12H,2-3,6,9,11H2,1H3,(H,20,21). The number of pyridine rings is 1. The van der Waals surface area contributed by atoms with Gasteiger partial charge in [0, 0.05) is 29.7 Å². The molecule has 2 heterocycles. The molecule has 114 valence electrons. The van der Waals surface area contributed by atoms with Crippen molar-refractivity contribution in [2.45, 2.75) is 12.8 Å². The third-order valence-electron chi connectivity index (χ3n) is 4.24. The van der Waals surface area contributed by atoms with Crippen LogP contribution in [0.4, 0.5) is 5.69 Å². The zero-order valence-corrected chi connectivity index (χ0v) is 13.4. The van der Waals surface area contributed by atoms with Crippen molar-refractivity contribution in [3.05, 3.63) is 35.0 Å². The molecule has 0 aliphatic carbocycles. The Bertz CT molecular complexity index is 722. The Morgan fingerprint density at radius 1 is 1.50 bits per heavy atom. The number of hydrogen-bond donors (Lipinski definition) is 1. The van der Waals surface area contributed by atoms with Crippen molar-refractivity contribution in [3.8, 4) is 6.07 Å². The first-order valence-corrected chi connectivity index (χ1v) is 7.96. The van der Waals surface area contributed by atoms with Crippen LogP contribution < -0.4 is 5.32 Å². The Balaban J connectivity index is 1.88. The molecule has 22 heavy (non-hydrogen) atoms. The van der Waals surface area contributed by atoms with Gasteiger partial charge in [-0.05, 0) is 50.6 Å². The third kappa shape index (κ3) is 3.16. The highest BCUT2D eigenvalue weighted by Gasteiger charge is 2.18. The maximum Gasteiger partial charge on any atom is 0.103 e. The van der Waals surface area contributed by atoms with Gasteiger partial charge in [-0.15, -0.1) is 0 Å². The third-order valence-corrected chi connectivity index (χ3v) is 4.48. The molecule has 1 atom stereocenters. The van der Waals surface area contributed by atoms with Gasteiger partial charge < -0.3 is 10.2 Å². The van der Waals surface area contributed by atoms with Crippen LogP contribution in [0.3, 0.4) is 0 Å². The summed E-state index contributed by atoms with van der Waals surface area (Å²) in [6, 6.07) is 7.81. The number of nitriles is 1. The highest BCUT2D eigenvalue weighted by Crippen LogP contribution is 2.28. The number of aromatic nitrogens is 1. The number of piperidine rings is 1.